The predicted octanol–water partition coefficient (Wildman–Crippen LogP) is 8.44. The Hall–Kier alpha value is -1.90. The van der Waals surface area contributed by atoms with E-state index in [0.717, 1.165) is 30.4 Å². The highest BCUT2D eigenvalue weighted by atomic mass is 35.5. The van der Waals surface area contributed by atoms with E-state index in [0.29, 0.717) is 22.0 Å². The van der Waals surface area contributed by atoms with Gasteiger partial charge in [-0.3, -0.25) is 0 Å². The number of aryl methyl sites for hydroxylation is 1. The molecule has 1 unspecified atom stereocenters. The monoisotopic (exact) mass is 440 g/mol. The summed E-state index contributed by atoms with van der Waals surface area (Å²) in [7, 11) is 0. The van der Waals surface area contributed by atoms with Gasteiger partial charge in [0, 0.05) is 11.1 Å². The molecule has 158 valence electrons. The Labute approximate surface area is 190 Å². The SMILES string of the molecule is CCCCCc1ccc(-c2ccc(-c3nc(Cl)c(CC(C)CC)c(Cl)n3)cc2)cc1. The molecule has 2 aromatic carbocycles. The van der Waals surface area contributed by atoms with E-state index >= 15 is 0 Å². The lowest BCUT2D eigenvalue weighted by molar-refractivity contribution is 0.558. The number of halogens is 2. The molecule has 3 aromatic rings. The third-order valence-electron chi connectivity index (χ3n) is 5.66. The molecule has 0 amide bonds. The van der Waals surface area contributed by atoms with Crippen molar-refractivity contribution in [1.82, 2.24) is 9.97 Å². The molecule has 0 saturated carbocycles. The molecule has 0 aliphatic rings. The van der Waals surface area contributed by atoms with Crippen LogP contribution >= 0.6 is 23.2 Å². The van der Waals surface area contributed by atoms with E-state index < -0.39 is 0 Å². The average molecular weight is 441 g/mol. The van der Waals surface area contributed by atoms with Crippen LogP contribution in [0.15, 0.2) is 48.5 Å². The average Bonchev–Trinajstić information content (AvgIpc) is 2.76. The summed E-state index contributed by atoms with van der Waals surface area (Å²) in [5.74, 6) is 1.06. The normalized spacial score (nSPS) is 12.2. The van der Waals surface area contributed by atoms with Gasteiger partial charge >= 0.3 is 0 Å². The van der Waals surface area contributed by atoms with E-state index in [-0.39, 0.29) is 0 Å². The molecule has 1 atom stereocenters. The van der Waals surface area contributed by atoms with Crippen molar-refractivity contribution >= 4 is 23.2 Å². The van der Waals surface area contributed by atoms with Crippen LogP contribution in [0.4, 0.5) is 0 Å². The van der Waals surface area contributed by atoms with E-state index in [1.54, 1.807) is 0 Å². The van der Waals surface area contributed by atoms with Gasteiger partial charge in [-0.2, -0.15) is 0 Å². The lowest BCUT2D eigenvalue weighted by Crippen LogP contribution is -2.03. The van der Waals surface area contributed by atoms with Gasteiger partial charge in [0.15, 0.2) is 5.82 Å². The maximum Gasteiger partial charge on any atom is 0.162 e. The molecule has 0 aliphatic carbocycles. The molecule has 3 rings (SSSR count). The largest absolute Gasteiger partial charge is 0.216 e. The van der Waals surface area contributed by atoms with Gasteiger partial charge in [0.2, 0.25) is 0 Å². The third-order valence-corrected chi connectivity index (χ3v) is 6.28. The van der Waals surface area contributed by atoms with Crippen LogP contribution < -0.4 is 0 Å². The topological polar surface area (TPSA) is 25.8 Å². The van der Waals surface area contributed by atoms with Crippen molar-refractivity contribution in [3.63, 3.8) is 0 Å². The number of aromatic nitrogens is 2. The summed E-state index contributed by atoms with van der Waals surface area (Å²) in [6, 6.07) is 17.1. The molecule has 4 heteroatoms. The molecule has 0 N–H and O–H groups in total. The molecule has 0 bridgehead atoms. The van der Waals surface area contributed by atoms with Gasteiger partial charge < -0.3 is 0 Å². The van der Waals surface area contributed by atoms with E-state index in [9.17, 15) is 0 Å². The highest BCUT2D eigenvalue weighted by molar-refractivity contribution is 6.34. The maximum atomic E-state index is 6.44. The van der Waals surface area contributed by atoms with Crippen molar-refractivity contribution in [2.75, 3.05) is 0 Å². The summed E-state index contributed by atoms with van der Waals surface area (Å²) in [6.45, 7) is 6.57. The van der Waals surface area contributed by atoms with Gasteiger partial charge in [-0.1, -0.05) is 112 Å². The quantitative estimate of drug-likeness (QED) is 0.246. The summed E-state index contributed by atoms with van der Waals surface area (Å²) in [6.07, 6.45) is 6.81. The van der Waals surface area contributed by atoms with Crippen molar-refractivity contribution in [3.8, 4) is 22.5 Å². The Bertz CT molecular complexity index is 927. The van der Waals surface area contributed by atoms with Crippen molar-refractivity contribution in [2.24, 2.45) is 5.92 Å². The van der Waals surface area contributed by atoms with E-state index in [1.165, 1.54) is 36.0 Å². The second-order valence-corrected chi connectivity index (χ2v) is 8.77. The number of unbranched alkanes of at least 4 members (excludes halogenated alkanes) is 2. The number of rotatable bonds is 9. The fourth-order valence-corrected chi connectivity index (χ4v) is 4.02. The zero-order valence-corrected chi connectivity index (χ0v) is 19.6. The summed E-state index contributed by atoms with van der Waals surface area (Å²) in [5, 5.41) is 0.904. The van der Waals surface area contributed by atoms with Crippen LogP contribution in [0, 0.1) is 5.92 Å². The van der Waals surface area contributed by atoms with Crippen LogP contribution in [0.1, 0.15) is 57.6 Å². The lowest BCUT2D eigenvalue weighted by atomic mass is 10.00. The molecule has 0 saturated heterocycles. The second-order valence-electron chi connectivity index (χ2n) is 8.06. The van der Waals surface area contributed by atoms with Gasteiger partial charge in [0.25, 0.3) is 0 Å². The van der Waals surface area contributed by atoms with Gasteiger partial charge in [-0.25, -0.2) is 9.97 Å². The van der Waals surface area contributed by atoms with Crippen LogP contribution in [-0.4, -0.2) is 9.97 Å². The van der Waals surface area contributed by atoms with Crippen LogP contribution in [0.3, 0.4) is 0 Å². The van der Waals surface area contributed by atoms with Crippen LogP contribution in [0.5, 0.6) is 0 Å². The van der Waals surface area contributed by atoms with E-state index in [2.05, 4.69) is 67.1 Å². The molecule has 0 spiro atoms. The van der Waals surface area contributed by atoms with Gasteiger partial charge in [0.05, 0.1) is 0 Å². The molecule has 30 heavy (non-hydrogen) atoms. The summed E-state index contributed by atoms with van der Waals surface area (Å²) in [5.41, 5.74) is 5.53. The Morgan fingerprint density at radius 3 is 1.83 bits per heavy atom. The molecule has 2 nitrogen and oxygen atoms in total. The minimum absolute atomic E-state index is 0.452. The molecule has 0 aliphatic heterocycles. The van der Waals surface area contributed by atoms with Crippen molar-refractivity contribution in [3.05, 3.63) is 70.0 Å². The first-order valence-corrected chi connectivity index (χ1v) is 11.7. The van der Waals surface area contributed by atoms with Gasteiger partial charge in [0.1, 0.15) is 10.3 Å². The van der Waals surface area contributed by atoms with Crippen molar-refractivity contribution < 1.29 is 0 Å². The standard InChI is InChI=1S/C26H30Cl2N2/c1-4-6-7-8-19-9-11-20(12-10-19)21-13-15-22(16-14-21)26-29-24(27)23(25(28)30-26)17-18(3)5-2/h9-16,18H,4-8,17H2,1-3H3. The Kier molecular flexibility index (Phi) is 8.30. The number of nitrogens with zero attached hydrogens (tertiary/aromatic N) is 2. The first-order chi connectivity index (χ1) is 14.5. The zero-order valence-electron chi connectivity index (χ0n) is 18.1. The number of hydrogen-bond acceptors (Lipinski definition) is 2. The van der Waals surface area contributed by atoms with Gasteiger partial charge in [-0.15, -0.1) is 0 Å². The summed E-state index contributed by atoms with van der Waals surface area (Å²) < 4.78 is 0. The molecule has 1 aromatic heterocycles. The fraction of sp³-hybridized carbons (Fsp3) is 0.385. The van der Waals surface area contributed by atoms with E-state index in [1.807, 2.05) is 12.1 Å². The summed E-state index contributed by atoms with van der Waals surface area (Å²) in [4.78, 5) is 9.02. The predicted molar refractivity (Wildman–Crippen MR) is 129 cm³/mol. The molecule has 0 fully saturated rings. The number of benzene rings is 2. The molecular weight excluding hydrogens is 411 g/mol. The van der Waals surface area contributed by atoms with Crippen LogP contribution in [0.2, 0.25) is 10.3 Å². The van der Waals surface area contributed by atoms with E-state index in [4.69, 9.17) is 23.2 Å². The third kappa shape index (κ3) is 5.83. The minimum Gasteiger partial charge on any atom is -0.216 e. The Balaban J connectivity index is 1.75. The molecule has 0 radical (unpaired) electrons. The summed E-state index contributed by atoms with van der Waals surface area (Å²) >= 11 is 12.9. The second kappa shape index (κ2) is 10.9. The fourth-order valence-electron chi connectivity index (χ4n) is 3.48. The Morgan fingerprint density at radius 1 is 0.767 bits per heavy atom. The van der Waals surface area contributed by atoms with Gasteiger partial charge in [-0.05, 0) is 41.9 Å². The first-order valence-electron chi connectivity index (χ1n) is 10.9. The first kappa shape index (κ1) is 22.8. The smallest absolute Gasteiger partial charge is 0.162 e. The van der Waals surface area contributed by atoms with Crippen molar-refractivity contribution in [2.45, 2.75) is 59.3 Å². The highest BCUT2D eigenvalue weighted by Crippen LogP contribution is 2.29. The van der Waals surface area contributed by atoms with Crippen LogP contribution in [-0.2, 0) is 12.8 Å². The number of hydrogen-bond donors (Lipinski definition) is 0. The Morgan fingerprint density at radius 2 is 1.30 bits per heavy atom. The maximum absolute atomic E-state index is 6.44. The highest BCUT2D eigenvalue weighted by Gasteiger charge is 2.15. The molecule has 1 heterocycles. The minimum atomic E-state index is 0.452. The zero-order chi connectivity index (χ0) is 21.5. The van der Waals surface area contributed by atoms with Crippen LogP contribution in [0.25, 0.3) is 22.5 Å². The lowest BCUT2D eigenvalue weighted by Gasteiger charge is -2.12. The van der Waals surface area contributed by atoms with Crippen molar-refractivity contribution in [1.29, 1.82) is 0 Å². The molecular formula is C26H30Cl2N2.